The van der Waals surface area contributed by atoms with Gasteiger partial charge in [0.25, 0.3) is 0 Å². The van der Waals surface area contributed by atoms with Crippen LogP contribution in [0.3, 0.4) is 0 Å². The van der Waals surface area contributed by atoms with Crippen molar-refractivity contribution in [1.82, 2.24) is 4.90 Å². The highest BCUT2D eigenvalue weighted by Crippen LogP contribution is 2.34. The molecule has 0 spiro atoms. The molecule has 1 fully saturated rings. The van der Waals surface area contributed by atoms with Gasteiger partial charge in [-0.05, 0) is 42.3 Å². The molecule has 0 N–H and O–H groups in total. The molecule has 2 aliphatic rings. The second-order valence-electron chi connectivity index (χ2n) is 6.94. The first kappa shape index (κ1) is 19.0. The van der Waals surface area contributed by atoms with Crippen LogP contribution in [0, 0.1) is 5.82 Å². The zero-order chi connectivity index (χ0) is 19.7. The van der Waals surface area contributed by atoms with E-state index in [0.29, 0.717) is 44.4 Å². The van der Waals surface area contributed by atoms with Crippen molar-refractivity contribution in [3.8, 4) is 11.5 Å². The van der Waals surface area contributed by atoms with Gasteiger partial charge in [-0.1, -0.05) is 23.7 Å². The fraction of sp³-hybridized carbons (Fsp3) is 0.381. The third kappa shape index (κ3) is 3.80. The van der Waals surface area contributed by atoms with Crippen molar-refractivity contribution in [2.75, 3.05) is 32.9 Å². The second kappa shape index (κ2) is 7.97. The lowest BCUT2D eigenvalue weighted by atomic mass is 9.98. The molecule has 148 valence electrons. The minimum absolute atomic E-state index is 0.0122. The van der Waals surface area contributed by atoms with E-state index in [-0.39, 0.29) is 23.0 Å². The Morgan fingerprint density at radius 1 is 1.14 bits per heavy atom. The Morgan fingerprint density at radius 2 is 1.93 bits per heavy atom. The van der Waals surface area contributed by atoms with Crippen LogP contribution in [0.2, 0.25) is 5.02 Å². The molecule has 7 heteroatoms. The summed E-state index contributed by atoms with van der Waals surface area (Å²) in [4.78, 5) is 14.9. The molecule has 0 bridgehead atoms. The van der Waals surface area contributed by atoms with Crippen molar-refractivity contribution in [2.24, 2.45) is 0 Å². The van der Waals surface area contributed by atoms with Gasteiger partial charge in [-0.3, -0.25) is 4.79 Å². The third-order valence-electron chi connectivity index (χ3n) is 5.13. The van der Waals surface area contributed by atoms with Crippen LogP contribution in [-0.2, 0) is 9.53 Å². The molecule has 2 unspecified atom stereocenters. The number of fused-ring (bicyclic) bond motifs is 1. The smallest absolute Gasteiger partial charge is 0.230 e. The summed E-state index contributed by atoms with van der Waals surface area (Å²) in [7, 11) is 0. The molecular weight excluding hydrogens is 385 g/mol. The van der Waals surface area contributed by atoms with Crippen LogP contribution in [0.5, 0.6) is 11.5 Å². The molecular formula is C21H21ClFNO4. The average Bonchev–Trinajstić information content (AvgIpc) is 2.74. The van der Waals surface area contributed by atoms with Crippen LogP contribution >= 0.6 is 11.6 Å². The molecule has 0 aromatic heterocycles. The Morgan fingerprint density at radius 3 is 2.71 bits per heavy atom. The molecule has 1 amide bonds. The molecule has 4 rings (SSSR count). The van der Waals surface area contributed by atoms with Gasteiger partial charge in [0.1, 0.15) is 25.1 Å². The van der Waals surface area contributed by atoms with Crippen molar-refractivity contribution in [3.05, 3.63) is 58.4 Å². The van der Waals surface area contributed by atoms with E-state index in [0.717, 1.165) is 11.1 Å². The Bertz CT molecular complexity index is 891. The number of nitrogens with zero attached hydrogens (tertiary/aromatic N) is 1. The molecule has 2 aromatic rings. The summed E-state index contributed by atoms with van der Waals surface area (Å²) in [5.74, 6) is 0.587. The summed E-state index contributed by atoms with van der Waals surface area (Å²) in [6.07, 6.45) is -0.330. The third-order valence-corrected chi connectivity index (χ3v) is 5.42. The molecule has 2 aromatic carbocycles. The van der Waals surface area contributed by atoms with E-state index in [9.17, 15) is 9.18 Å². The predicted molar refractivity (Wildman–Crippen MR) is 103 cm³/mol. The number of carbonyl (C=O) groups excluding carboxylic acids is 1. The van der Waals surface area contributed by atoms with Crippen molar-refractivity contribution in [1.29, 1.82) is 0 Å². The predicted octanol–water partition coefficient (Wildman–Crippen LogP) is 3.95. The van der Waals surface area contributed by atoms with Crippen LogP contribution in [0.4, 0.5) is 4.39 Å². The van der Waals surface area contributed by atoms with E-state index in [1.807, 2.05) is 25.1 Å². The number of carbonyl (C=O) groups is 1. The van der Waals surface area contributed by atoms with Gasteiger partial charge in [0.05, 0.1) is 24.1 Å². The zero-order valence-electron chi connectivity index (χ0n) is 15.5. The number of hydrogen-bond donors (Lipinski definition) is 0. The van der Waals surface area contributed by atoms with E-state index < -0.39 is 5.82 Å². The SMILES string of the molecule is CC(C(=O)N1CCOC(c2ccc(F)c(Cl)c2)C1)c1ccc2c(c1)OCCO2. The molecule has 0 saturated carbocycles. The van der Waals surface area contributed by atoms with Crippen molar-refractivity contribution in [3.63, 3.8) is 0 Å². The Labute approximate surface area is 167 Å². The van der Waals surface area contributed by atoms with Crippen molar-refractivity contribution in [2.45, 2.75) is 18.9 Å². The van der Waals surface area contributed by atoms with Gasteiger partial charge in [0.15, 0.2) is 11.5 Å². The van der Waals surface area contributed by atoms with Crippen LogP contribution in [0.15, 0.2) is 36.4 Å². The fourth-order valence-corrected chi connectivity index (χ4v) is 3.70. The maximum absolute atomic E-state index is 13.4. The molecule has 2 aliphatic heterocycles. The maximum Gasteiger partial charge on any atom is 0.230 e. The van der Waals surface area contributed by atoms with E-state index in [1.165, 1.54) is 6.07 Å². The summed E-state index contributed by atoms with van der Waals surface area (Å²) >= 11 is 5.89. The number of halogens is 2. The first-order chi connectivity index (χ1) is 13.5. The van der Waals surface area contributed by atoms with Crippen LogP contribution in [0.1, 0.15) is 30.1 Å². The Hall–Kier alpha value is -2.31. The van der Waals surface area contributed by atoms with E-state index in [1.54, 1.807) is 17.0 Å². The van der Waals surface area contributed by atoms with Crippen LogP contribution < -0.4 is 9.47 Å². The molecule has 0 radical (unpaired) electrons. The summed E-state index contributed by atoms with van der Waals surface area (Å²) in [6.45, 7) is 4.24. The number of amides is 1. The highest BCUT2D eigenvalue weighted by atomic mass is 35.5. The zero-order valence-corrected chi connectivity index (χ0v) is 16.2. The largest absolute Gasteiger partial charge is 0.486 e. The number of morpholine rings is 1. The van der Waals surface area contributed by atoms with Crippen molar-refractivity contribution >= 4 is 17.5 Å². The first-order valence-electron chi connectivity index (χ1n) is 9.28. The second-order valence-corrected chi connectivity index (χ2v) is 7.35. The highest BCUT2D eigenvalue weighted by Gasteiger charge is 2.29. The monoisotopic (exact) mass is 405 g/mol. The molecule has 5 nitrogen and oxygen atoms in total. The number of hydrogen-bond acceptors (Lipinski definition) is 4. The lowest BCUT2D eigenvalue weighted by molar-refractivity contribution is -0.140. The van der Waals surface area contributed by atoms with Crippen LogP contribution in [0.25, 0.3) is 0 Å². The minimum atomic E-state index is -0.471. The number of benzene rings is 2. The van der Waals surface area contributed by atoms with Gasteiger partial charge in [-0.2, -0.15) is 0 Å². The topological polar surface area (TPSA) is 48.0 Å². The first-order valence-corrected chi connectivity index (χ1v) is 9.65. The molecule has 2 heterocycles. The quantitative estimate of drug-likeness (QED) is 0.775. The van der Waals surface area contributed by atoms with Gasteiger partial charge in [-0.25, -0.2) is 4.39 Å². The Balaban J connectivity index is 1.48. The van der Waals surface area contributed by atoms with Gasteiger partial charge < -0.3 is 19.1 Å². The number of rotatable bonds is 3. The normalized spacial score (nSPS) is 20.0. The van der Waals surface area contributed by atoms with E-state index in [4.69, 9.17) is 25.8 Å². The lowest BCUT2D eigenvalue weighted by Gasteiger charge is -2.35. The van der Waals surface area contributed by atoms with Gasteiger partial charge in [-0.15, -0.1) is 0 Å². The fourth-order valence-electron chi connectivity index (χ4n) is 3.51. The number of ether oxygens (including phenoxy) is 3. The summed E-state index contributed by atoms with van der Waals surface area (Å²) < 4.78 is 30.4. The summed E-state index contributed by atoms with van der Waals surface area (Å²) in [6, 6.07) is 10.1. The molecule has 1 saturated heterocycles. The van der Waals surface area contributed by atoms with Gasteiger partial charge in [0, 0.05) is 6.54 Å². The molecule has 2 atom stereocenters. The van der Waals surface area contributed by atoms with Crippen molar-refractivity contribution < 1.29 is 23.4 Å². The van der Waals surface area contributed by atoms with Crippen LogP contribution in [-0.4, -0.2) is 43.7 Å². The Kier molecular flexibility index (Phi) is 5.42. The summed E-state index contributed by atoms with van der Waals surface area (Å²) in [5.41, 5.74) is 1.64. The standard InChI is InChI=1S/C21H21ClFNO4/c1-13(14-3-5-18-19(11-14)28-9-8-27-18)21(25)24-6-7-26-20(12-24)15-2-4-17(23)16(22)10-15/h2-5,10-11,13,20H,6-9,12H2,1H3. The average molecular weight is 406 g/mol. The lowest BCUT2D eigenvalue weighted by Crippen LogP contribution is -2.44. The van der Waals surface area contributed by atoms with Gasteiger partial charge >= 0.3 is 0 Å². The van der Waals surface area contributed by atoms with E-state index >= 15 is 0 Å². The van der Waals surface area contributed by atoms with E-state index in [2.05, 4.69) is 0 Å². The highest BCUT2D eigenvalue weighted by molar-refractivity contribution is 6.30. The summed E-state index contributed by atoms with van der Waals surface area (Å²) in [5, 5.41) is 0.0502. The van der Waals surface area contributed by atoms with Gasteiger partial charge in [0.2, 0.25) is 5.91 Å². The minimum Gasteiger partial charge on any atom is -0.486 e. The molecule has 28 heavy (non-hydrogen) atoms. The maximum atomic E-state index is 13.4. The molecule has 0 aliphatic carbocycles.